The van der Waals surface area contributed by atoms with Gasteiger partial charge in [0, 0.05) is 18.9 Å². The van der Waals surface area contributed by atoms with Gasteiger partial charge in [0.25, 0.3) is 5.91 Å². The van der Waals surface area contributed by atoms with Crippen LogP contribution in [0.1, 0.15) is 16.1 Å². The largest absolute Gasteiger partial charge is 0.768 e. The Morgan fingerprint density at radius 2 is 2.23 bits per heavy atom. The molecule has 0 aliphatic heterocycles. The number of halogens is 2. The second-order valence-corrected chi connectivity index (χ2v) is 5.55. The average Bonchev–Trinajstić information content (AvgIpc) is 2.76. The van der Waals surface area contributed by atoms with Crippen molar-refractivity contribution in [3.8, 4) is 6.07 Å². The molecule has 2 aromatic rings. The fraction of sp³-hybridized carbons (Fsp3) is 0.0769. The number of amides is 1. The van der Waals surface area contributed by atoms with E-state index in [0.717, 1.165) is 12.1 Å². The lowest BCUT2D eigenvalue weighted by atomic mass is 10.2. The number of hydrogen-bond acceptors (Lipinski definition) is 4. The van der Waals surface area contributed by atoms with Gasteiger partial charge in [-0.1, -0.05) is 11.6 Å². The number of hydrogen-bond donors (Lipinski definition) is 1. The zero-order valence-electron chi connectivity index (χ0n) is 11.1. The highest BCUT2D eigenvalue weighted by Crippen LogP contribution is 2.26. The van der Waals surface area contributed by atoms with E-state index in [4.69, 9.17) is 16.9 Å². The predicted octanol–water partition coefficient (Wildman–Crippen LogP) is 2.18. The first-order valence-electron chi connectivity index (χ1n) is 5.80. The van der Waals surface area contributed by atoms with Crippen molar-refractivity contribution in [1.29, 1.82) is 5.26 Å². The number of aromatic nitrogens is 1. The first-order chi connectivity index (χ1) is 10.3. The van der Waals surface area contributed by atoms with Crippen molar-refractivity contribution in [2.75, 3.05) is 5.32 Å². The Hall–Kier alpha value is -2.21. The van der Waals surface area contributed by atoms with Crippen LogP contribution in [-0.4, -0.2) is 19.2 Å². The first-order valence-corrected chi connectivity index (χ1v) is 7.25. The number of carbonyl (C=O) groups is 1. The molecular weight excluding hydrogens is 333 g/mol. The third-order valence-electron chi connectivity index (χ3n) is 2.83. The van der Waals surface area contributed by atoms with Crippen LogP contribution in [0.25, 0.3) is 0 Å². The van der Waals surface area contributed by atoms with Crippen LogP contribution in [-0.2, 0) is 18.1 Å². The van der Waals surface area contributed by atoms with Gasteiger partial charge in [0.1, 0.15) is 17.6 Å². The molecule has 2 rings (SSSR count). The Morgan fingerprint density at radius 3 is 2.77 bits per heavy atom. The number of aryl methyl sites for hydroxylation is 1. The molecule has 1 aromatic heterocycles. The monoisotopic (exact) mass is 340 g/mol. The standard InChI is InChI=1S/C13H9ClFN3O3S/c1-18-6-10(22(20)21)11(14)12(18)13(19)17-8-2-3-9(15)7(4-8)5-16/h2-4,6H,1H3,(H,17,19)(H,20,21)/p-1. The lowest BCUT2D eigenvalue weighted by Crippen LogP contribution is -2.16. The molecule has 1 aromatic carbocycles. The summed E-state index contributed by atoms with van der Waals surface area (Å²) in [5, 5.41) is 11.0. The molecule has 0 spiro atoms. The third kappa shape index (κ3) is 3.01. The summed E-state index contributed by atoms with van der Waals surface area (Å²) in [4.78, 5) is 12.0. The number of nitrogens with zero attached hydrogens (tertiary/aromatic N) is 2. The summed E-state index contributed by atoms with van der Waals surface area (Å²) in [6.45, 7) is 0. The van der Waals surface area contributed by atoms with E-state index in [2.05, 4.69) is 5.32 Å². The zero-order valence-corrected chi connectivity index (χ0v) is 12.7. The van der Waals surface area contributed by atoms with E-state index in [1.807, 2.05) is 0 Å². The molecule has 0 saturated heterocycles. The van der Waals surface area contributed by atoms with E-state index in [0.29, 0.717) is 0 Å². The van der Waals surface area contributed by atoms with Crippen LogP contribution in [0.2, 0.25) is 5.02 Å². The van der Waals surface area contributed by atoms with Gasteiger partial charge in [-0.05, 0) is 29.3 Å². The molecule has 1 amide bonds. The Morgan fingerprint density at radius 1 is 1.55 bits per heavy atom. The molecule has 1 unspecified atom stereocenters. The summed E-state index contributed by atoms with van der Waals surface area (Å²) in [6, 6.07) is 5.13. The number of nitrogens with one attached hydrogen (secondary N) is 1. The summed E-state index contributed by atoms with van der Waals surface area (Å²) >= 11 is 3.31. The summed E-state index contributed by atoms with van der Waals surface area (Å²) < 4.78 is 36.4. The maximum atomic E-state index is 13.2. The van der Waals surface area contributed by atoms with Gasteiger partial charge in [-0.15, -0.1) is 0 Å². The SMILES string of the molecule is Cn1cc(S(=O)[O-])c(Cl)c1C(=O)Nc1ccc(F)c(C#N)c1. The molecule has 0 aliphatic rings. The molecule has 0 bridgehead atoms. The van der Waals surface area contributed by atoms with Crippen molar-refractivity contribution < 1.29 is 17.9 Å². The summed E-state index contributed by atoms with van der Waals surface area (Å²) in [7, 11) is 1.46. The lowest BCUT2D eigenvalue weighted by molar-refractivity contribution is 0.101. The molecule has 9 heteroatoms. The first kappa shape index (κ1) is 16.2. The maximum Gasteiger partial charge on any atom is 0.273 e. The highest BCUT2D eigenvalue weighted by Gasteiger charge is 2.20. The van der Waals surface area contributed by atoms with Crippen molar-refractivity contribution in [1.82, 2.24) is 4.57 Å². The smallest absolute Gasteiger partial charge is 0.273 e. The number of nitriles is 1. The molecular formula is C13H8ClFN3O3S-. The Balaban J connectivity index is 2.35. The van der Waals surface area contributed by atoms with Crippen molar-refractivity contribution in [3.05, 3.63) is 46.5 Å². The van der Waals surface area contributed by atoms with Crippen LogP contribution in [0, 0.1) is 17.1 Å². The van der Waals surface area contributed by atoms with E-state index in [9.17, 15) is 17.9 Å². The van der Waals surface area contributed by atoms with E-state index < -0.39 is 22.8 Å². The molecule has 0 aliphatic carbocycles. The topological polar surface area (TPSA) is 97.9 Å². The molecule has 0 radical (unpaired) electrons. The van der Waals surface area contributed by atoms with Crippen molar-refractivity contribution in [3.63, 3.8) is 0 Å². The second kappa shape index (κ2) is 6.27. The minimum Gasteiger partial charge on any atom is -0.768 e. The number of rotatable bonds is 3. The highest BCUT2D eigenvalue weighted by molar-refractivity contribution is 7.79. The molecule has 1 heterocycles. The van der Waals surface area contributed by atoms with E-state index in [-0.39, 0.29) is 26.9 Å². The second-order valence-electron chi connectivity index (χ2n) is 4.26. The van der Waals surface area contributed by atoms with Gasteiger partial charge in [0.05, 0.1) is 15.5 Å². The molecule has 0 fully saturated rings. The number of anilines is 1. The van der Waals surface area contributed by atoms with Gasteiger partial charge < -0.3 is 14.4 Å². The quantitative estimate of drug-likeness (QED) is 0.866. The van der Waals surface area contributed by atoms with Crippen molar-refractivity contribution >= 4 is 34.3 Å². The fourth-order valence-electron chi connectivity index (χ4n) is 1.82. The van der Waals surface area contributed by atoms with Crippen LogP contribution in [0.15, 0.2) is 29.3 Å². The van der Waals surface area contributed by atoms with Gasteiger partial charge in [-0.3, -0.25) is 9.00 Å². The van der Waals surface area contributed by atoms with Crippen LogP contribution in [0.5, 0.6) is 0 Å². The van der Waals surface area contributed by atoms with Crippen molar-refractivity contribution in [2.45, 2.75) is 4.90 Å². The van der Waals surface area contributed by atoms with Gasteiger partial charge in [-0.25, -0.2) is 4.39 Å². The fourth-order valence-corrected chi connectivity index (χ4v) is 2.77. The lowest BCUT2D eigenvalue weighted by Gasteiger charge is -2.07. The third-order valence-corrected chi connectivity index (χ3v) is 3.99. The molecule has 0 saturated carbocycles. The Labute approximate surface area is 132 Å². The average molecular weight is 341 g/mol. The van der Waals surface area contributed by atoms with E-state index in [1.165, 1.54) is 23.9 Å². The summed E-state index contributed by atoms with van der Waals surface area (Å²) in [5.41, 5.74) is -0.106. The minimum absolute atomic E-state index is 0.0660. The molecule has 6 nitrogen and oxygen atoms in total. The minimum atomic E-state index is -2.58. The van der Waals surface area contributed by atoms with Gasteiger partial charge in [0.15, 0.2) is 0 Å². The Bertz CT molecular complexity index is 829. The maximum absolute atomic E-state index is 13.2. The van der Waals surface area contributed by atoms with Crippen LogP contribution < -0.4 is 5.32 Å². The van der Waals surface area contributed by atoms with E-state index in [1.54, 1.807) is 6.07 Å². The Kier molecular flexibility index (Phi) is 4.61. The summed E-state index contributed by atoms with van der Waals surface area (Å²) in [5.74, 6) is -1.39. The molecule has 114 valence electrons. The number of carbonyl (C=O) groups excluding carboxylic acids is 1. The highest BCUT2D eigenvalue weighted by atomic mass is 35.5. The molecule has 22 heavy (non-hydrogen) atoms. The van der Waals surface area contributed by atoms with Gasteiger partial charge in [0.2, 0.25) is 0 Å². The van der Waals surface area contributed by atoms with Crippen LogP contribution in [0.3, 0.4) is 0 Å². The van der Waals surface area contributed by atoms with Gasteiger partial charge >= 0.3 is 0 Å². The van der Waals surface area contributed by atoms with Crippen LogP contribution in [0.4, 0.5) is 10.1 Å². The number of benzene rings is 1. The van der Waals surface area contributed by atoms with E-state index >= 15 is 0 Å². The zero-order chi connectivity index (χ0) is 16.4. The molecule has 1 N–H and O–H groups in total. The molecule has 1 atom stereocenters. The van der Waals surface area contributed by atoms with Gasteiger partial charge in [-0.2, -0.15) is 5.26 Å². The predicted molar refractivity (Wildman–Crippen MR) is 76.7 cm³/mol. The van der Waals surface area contributed by atoms with Crippen LogP contribution >= 0.6 is 11.6 Å². The van der Waals surface area contributed by atoms with Crippen molar-refractivity contribution in [2.24, 2.45) is 7.05 Å². The normalized spacial score (nSPS) is 11.8. The summed E-state index contributed by atoms with van der Waals surface area (Å²) in [6.07, 6.45) is 1.20.